The minimum Gasteiger partial charge on any atom is -0.461 e. The zero-order valence-electron chi connectivity index (χ0n) is 13.1. The van der Waals surface area contributed by atoms with E-state index in [2.05, 4.69) is 15.2 Å². The number of ketones is 1. The van der Waals surface area contributed by atoms with E-state index in [4.69, 9.17) is 4.42 Å². The molecule has 0 aliphatic rings. The van der Waals surface area contributed by atoms with Crippen molar-refractivity contribution in [3.63, 3.8) is 0 Å². The Morgan fingerprint density at radius 1 is 1.08 bits per heavy atom. The molecular formula is C18H14N4O2S. The average molecular weight is 350 g/mol. The SMILES string of the molecule is O=C(CSc1nnc(-c2ccco2)n1-c1ccccc1)c1ccc[nH]1. The van der Waals surface area contributed by atoms with Gasteiger partial charge in [0.05, 0.1) is 17.7 Å². The van der Waals surface area contributed by atoms with Gasteiger partial charge < -0.3 is 9.40 Å². The third-order valence-corrected chi connectivity index (χ3v) is 4.55. The fourth-order valence-electron chi connectivity index (χ4n) is 2.45. The number of thioether (sulfide) groups is 1. The highest BCUT2D eigenvalue weighted by atomic mass is 32.2. The molecule has 0 amide bonds. The lowest BCUT2D eigenvalue weighted by Crippen LogP contribution is -2.05. The van der Waals surface area contributed by atoms with E-state index in [1.54, 1.807) is 30.7 Å². The van der Waals surface area contributed by atoms with Crippen LogP contribution in [-0.4, -0.2) is 31.3 Å². The van der Waals surface area contributed by atoms with Gasteiger partial charge in [-0.2, -0.15) is 0 Å². The number of nitrogens with zero attached hydrogens (tertiary/aromatic N) is 3. The lowest BCUT2D eigenvalue weighted by molar-refractivity contribution is 0.101. The van der Waals surface area contributed by atoms with Gasteiger partial charge in [0.15, 0.2) is 16.7 Å². The summed E-state index contributed by atoms with van der Waals surface area (Å²) < 4.78 is 7.37. The summed E-state index contributed by atoms with van der Waals surface area (Å²) >= 11 is 1.34. The van der Waals surface area contributed by atoms with Gasteiger partial charge in [0.2, 0.25) is 5.82 Å². The number of para-hydroxylation sites is 1. The van der Waals surface area contributed by atoms with Crippen LogP contribution in [0.15, 0.2) is 76.6 Å². The number of nitrogens with one attached hydrogen (secondary N) is 1. The number of furan rings is 1. The average Bonchev–Trinajstić information content (AvgIpc) is 3.41. The predicted molar refractivity (Wildman–Crippen MR) is 94.9 cm³/mol. The van der Waals surface area contributed by atoms with E-state index >= 15 is 0 Å². The molecule has 0 spiro atoms. The number of hydrogen-bond acceptors (Lipinski definition) is 5. The van der Waals surface area contributed by atoms with Gasteiger partial charge in [-0.1, -0.05) is 30.0 Å². The monoisotopic (exact) mass is 350 g/mol. The Kier molecular flexibility index (Phi) is 4.22. The van der Waals surface area contributed by atoms with Crippen LogP contribution < -0.4 is 0 Å². The fourth-order valence-corrected chi connectivity index (χ4v) is 3.29. The molecule has 25 heavy (non-hydrogen) atoms. The van der Waals surface area contributed by atoms with Crippen molar-refractivity contribution in [1.82, 2.24) is 19.7 Å². The molecule has 0 saturated carbocycles. The summed E-state index contributed by atoms with van der Waals surface area (Å²) in [6, 6.07) is 17.0. The number of aromatic nitrogens is 4. The zero-order valence-corrected chi connectivity index (χ0v) is 13.9. The van der Waals surface area contributed by atoms with Crippen LogP contribution in [0, 0.1) is 0 Å². The number of benzene rings is 1. The number of hydrogen-bond donors (Lipinski definition) is 1. The largest absolute Gasteiger partial charge is 0.461 e. The number of carbonyl (C=O) groups is 1. The quantitative estimate of drug-likeness (QED) is 0.422. The Morgan fingerprint density at radius 2 is 1.96 bits per heavy atom. The van der Waals surface area contributed by atoms with E-state index in [0.717, 1.165) is 5.69 Å². The van der Waals surface area contributed by atoms with Crippen LogP contribution in [0.1, 0.15) is 10.5 Å². The topological polar surface area (TPSA) is 76.7 Å². The summed E-state index contributed by atoms with van der Waals surface area (Å²) in [5.74, 6) is 1.51. The maximum absolute atomic E-state index is 12.2. The first-order chi connectivity index (χ1) is 12.3. The van der Waals surface area contributed by atoms with E-state index in [1.165, 1.54) is 11.8 Å². The van der Waals surface area contributed by atoms with Crippen molar-refractivity contribution in [3.05, 3.63) is 72.8 Å². The lowest BCUT2D eigenvalue weighted by Gasteiger charge is -2.08. The fraction of sp³-hybridized carbons (Fsp3) is 0.0556. The van der Waals surface area contributed by atoms with Crippen LogP contribution >= 0.6 is 11.8 Å². The molecule has 0 aliphatic carbocycles. The molecule has 0 aliphatic heterocycles. The zero-order chi connectivity index (χ0) is 17.1. The second kappa shape index (κ2) is 6.82. The summed E-state index contributed by atoms with van der Waals surface area (Å²) in [4.78, 5) is 15.2. The first-order valence-corrected chi connectivity index (χ1v) is 8.65. The number of H-pyrrole nitrogens is 1. The summed E-state index contributed by atoms with van der Waals surface area (Å²) in [5.41, 5.74) is 1.50. The molecule has 0 atom stereocenters. The van der Waals surface area contributed by atoms with Crippen molar-refractivity contribution in [2.75, 3.05) is 5.75 Å². The summed E-state index contributed by atoms with van der Waals surface area (Å²) in [7, 11) is 0. The number of rotatable bonds is 6. The normalized spacial score (nSPS) is 10.9. The Labute approximate surface area is 147 Å². The van der Waals surface area contributed by atoms with E-state index in [9.17, 15) is 4.79 Å². The Morgan fingerprint density at radius 3 is 2.68 bits per heavy atom. The van der Waals surface area contributed by atoms with Crippen LogP contribution in [0.2, 0.25) is 0 Å². The first kappa shape index (κ1) is 15.5. The third kappa shape index (κ3) is 3.14. The molecule has 0 radical (unpaired) electrons. The highest BCUT2D eigenvalue weighted by Gasteiger charge is 2.19. The van der Waals surface area contributed by atoms with Crippen LogP contribution in [-0.2, 0) is 0 Å². The molecular weight excluding hydrogens is 336 g/mol. The Balaban J connectivity index is 1.67. The second-order valence-corrected chi connectivity index (χ2v) is 6.19. The molecule has 1 N–H and O–H groups in total. The molecule has 0 fully saturated rings. The summed E-state index contributed by atoms with van der Waals surface area (Å²) in [6.45, 7) is 0. The Hall–Kier alpha value is -3.06. The van der Waals surface area contributed by atoms with Crippen molar-refractivity contribution >= 4 is 17.5 Å². The minimum atomic E-state index is 0.0113. The maximum Gasteiger partial charge on any atom is 0.205 e. The highest BCUT2D eigenvalue weighted by Crippen LogP contribution is 2.28. The highest BCUT2D eigenvalue weighted by molar-refractivity contribution is 7.99. The number of Topliss-reactive ketones (excluding diaryl/α,β-unsaturated/α-hetero) is 1. The number of carbonyl (C=O) groups excluding carboxylic acids is 1. The van der Waals surface area contributed by atoms with Crippen LogP contribution in [0.3, 0.4) is 0 Å². The van der Waals surface area contributed by atoms with Gasteiger partial charge >= 0.3 is 0 Å². The third-order valence-electron chi connectivity index (χ3n) is 3.62. The van der Waals surface area contributed by atoms with Gasteiger partial charge in [0.1, 0.15) is 0 Å². The molecule has 7 heteroatoms. The van der Waals surface area contributed by atoms with Crippen LogP contribution in [0.25, 0.3) is 17.3 Å². The van der Waals surface area contributed by atoms with Gasteiger partial charge in [-0.3, -0.25) is 9.36 Å². The van der Waals surface area contributed by atoms with Gasteiger partial charge in [0, 0.05) is 11.9 Å². The predicted octanol–water partition coefficient (Wildman–Crippen LogP) is 3.83. The molecule has 6 nitrogen and oxygen atoms in total. The van der Waals surface area contributed by atoms with E-state index in [-0.39, 0.29) is 11.5 Å². The van der Waals surface area contributed by atoms with Crippen molar-refractivity contribution in [2.45, 2.75) is 5.16 Å². The summed E-state index contributed by atoms with van der Waals surface area (Å²) in [5, 5.41) is 9.15. The second-order valence-electron chi connectivity index (χ2n) is 5.25. The Bertz CT molecular complexity index is 960. The lowest BCUT2D eigenvalue weighted by atomic mass is 10.3. The molecule has 4 aromatic rings. The molecule has 124 valence electrons. The maximum atomic E-state index is 12.2. The van der Waals surface area contributed by atoms with E-state index in [1.807, 2.05) is 41.0 Å². The first-order valence-electron chi connectivity index (χ1n) is 7.67. The standard InChI is InChI=1S/C18H14N4O2S/c23-15(14-8-4-10-19-14)12-25-18-21-20-17(16-9-5-11-24-16)22(18)13-6-2-1-3-7-13/h1-11,19H,12H2. The summed E-state index contributed by atoms with van der Waals surface area (Å²) in [6.07, 6.45) is 3.33. The van der Waals surface area contributed by atoms with E-state index in [0.29, 0.717) is 22.4 Å². The molecule has 1 aromatic carbocycles. The molecule has 0 bridgehead atoms. The van der Waals surface area contributed by atoms with Gasteiger partial charge in [0.25, 0.3) is 0 Å². The van der Waals surface area contributed by atoms with Crippen LogP contribution in [0.5, 0.6) is 0 Å². The molecule has 0 saturated heterocycles. The van der Waals surface area contributed by atoms with E-state index < -0.39 is 0 Å². The van der Waals surface area contributed by atoms with Crippen molar-refractivity contribution < 1.29 is 9.21 Å². The molecule has 4 rings (SSSR count). The van der Waals surface area contributed by atoms with Crippen molar-refractivity contribution in [2.24, 2.45) is 0 Å². The molecule has 3 heterocycles. The van der Waals surface area contributed by atoms with Crippen LogP contribution in [0.4, 0.5) is 0 Å². The van der Waals surface area contributed by atoms with Crippen molar-refractivity contribution in [1.29, 1.82) is 0 Å². The van der Waals surface area contributed by atoms with Crippen molar-refractivity contribution in [3.8, 4) is 17.3 Å². The van der Waals surface area contributed by atoms with Gasteiger partial charge in [-0.15, -0.1) is 10.2 Å². The van der Waals surface area contributed by atoms with Gasteiger partial charge in [-0.25, -0.2) is 0 Å². The number of aromatic amines is 1. The molecule has 3 aromatic heterocycles. The smallest absolute Gasteiger partial charge is 0.205 e. The molecule has 0 unspecified atom stereocenters. The minimum absolute atomic E-state index is 0.0113. The van der Waals surface area contributed by atoms with Gasteiger partial charge in [-0.05, 0) is 36.4 Å².